The van der Waals surface area contributed by atoms with E-state index >= 15 is 0 Å². The summed E-state index contributed by atoms with van der Waals surface area (Å²) in [6.07, 6.45) is 13.8. The average Bonchev–Trinajstić information content (AvgIpc) is 2.79. The van der Waals surface area contributed by atoms with Crippen LogP contribution < -0.4 is 0 Å². The van der Waals surface area contributed by atoms with E-state index in [0.29, 0.717) is 6.42 Å². The van der Waals surface area contributed by atoms with Crippen molar-refractivity contribution < 1.29 is 43.4 Å². The monoisotopic (exact) mass is 492 g/mol. The quantitative estimate of drug-likeness (QED) is 0.0950. The van der Waals surface area contributed by atoms with Gasteiger partial charge in [-0.25, -0.2) is 0 Å². The maximum atomic E-state index is 10.3. The van der Waals surface area contributed by atoms with Crippen LogP contribution in [-0.4, -0.2) is 102 Å². The molecule has 0 aromatic rings. The summed E-state index contributed by atoms with van der Waals surface area (Å²) in [5.41, 5.74) is 0. The number of aliphatic carboxylic acids is 1. The summed E-state index contributed by atoms with van der Waals surface area (Å²) < 4.78 is 0. The zero-order valence-electron chi connectivity index (χ0n) is 22.8. The predicted molar refractivity (Wildman–Crippen MR) is 133 cm³/mol. The number of rotatable bonds is 21. The van der Waals surface area contributed by atoms with E-state index in [1.165, 1.54) is 83.5 Å². The molecule has 33 heavy (non-hydrogen) atoms. The molecule has 7 N–H and O–H groups in total. The fourth-order valence-electron chi connectivity index (χ4n) is 3.32. The molecule has 0 amide bonds. The summed E-state index contributed by atoms with van der Waals surface area (Å²) in [4.78, 5) is 10.3. The molecular formula is C24H52MgO8. The van der Waals surface area contributed by atoms with Crippen LogP contribution in [0.1, 0.15) is 113 Å². The Morgan fingerprint density at radius 1 is 0.606 bits per heavy atom. The van der Waals surface area contributed by atoms with Gasteiger partial charge in [0.15, 0.2) is 0 Å². The van der Waals surface area contributed by atoms with Crippen molar-refractivity contribution in [2.24, 2.45) is 0 Å². The topological polar surface area (TPSA) is 159 Å². The van der Waals surface area contributed by atoms with E-state index in [0.717, 1.165) is 12.8 Å². The van der Waals surface area contributed by atoms with Crippen molar-refractivity contribution in [2.45, 2.75) is 134 Å². The summed E-state index contributed by atoms with van der Waals surface area (Å²) in [6, 6.07) is 0. The van der Waals surface area contributed by atoms with Crippen LogP contribution in [0.3, 0.4) is 0 Å². The average molecular weight is 493 g/mol. The van der Waals surface area contributed by atoms with E-state index in [4.69, 9.17) is 35.7 Å². The van der Waals surface area contributed by atoms with Crippen LogP contribution in [0, 0.1) is 0 Å². The van der Waals surface area contributed by atoms with Gasteiger partial charge in [0.1, 0.15) is 24.4 Å². The molecule has 0 fully saturated rings. The Bertz CT molecular complexity index is 398. The fraction of sp³-hybridized carbons (Fsp3) is 0.958. The van der Waals surface area contributed by atoms with Crippen LogP contribution in [0.4, 0.5) is 0 Å². The van der Waals surface area contributed by atoms with Gasteiger partial charge in [-0.2, -0.15) is 0 Å². The minimum Gasteiger partial charge on any atom is -1.00 e. The number of hydrogen-bond donors (Lipinski definition) is 7. The molecule has 0 bridgehead atoms. The SMILES string of the molecule is CCCCCCCCCCCCCCCCCC(=O)O.OCC(O)C(O)C(O)C(O)CO.[H-].[H-].[Mg+2]. The second-order valence-corrected chi connectivity index (χ2v) is 8.57. The van der Waals surface area contributed by atoms with E-state index in [-0.39, 0.29) is 25.9 Å². The smallest absolute Gasteiger partial charge is 1.00 e. The molecule has 0 heterocycles. The second-order valence-electron chi connectivity index (χ2n) is 8.57. The van der Waals surface area contributed by atoms with Gasteiger partial charge in [-0.1, -0.05) is 96.8 Å². The summed E-state index contributed by atoms with van der Waals surface area (Å²) in [7, 11) is 0. The molecule has 0 saturated heterocycles. The molecule has 0 saturated carbocycles. The van der Waals surface area contributed by atoms with Crippen LogP contribution in [0.15, 0.2) is 0 Å². The minimum atomic E-state index is -1.67. The Labute approximate surface area is 219 Å². The third-order valence-corrected chi connectivity index (χ3v) is 5.51. The number of unbranched alkanes of at least 4 members (excludes halogenated alkanes) is 14. The molecule has 0 aromatic heterocycles. The molecule has 8 nitrogen and oxygen atoms in total. The summed E-state index contributed by atoms with van der Waals surface area (Å²) in [6.45, 7) is 0.818. The van der Waals surface area contributed by atoms with Crippen LogP contribution in [0.25, 0.3) is 0 Å². The summed E-state index contributed by atoms with van der Waals surface area (Å²) in [5.74, 6) is -0.653. The Kier molecular flexibility index (Phi) is 32.1. The van der Waals surface area contributed by atoms with Gasteiger partial charge in [0.2, 0.25) is 0 Å². The van der Waals surface area contributed by atoms with Crippen molar-refractivity contribution in [3.63, 3.8) is 0 Å². The van der Waals surface area contributed by atoms with Crippen LogP contribution in [0.2, 0.25) is 0 Å². The summed E-state index contributed by atoms with van der Waals surface area (Å²) in [5, 5.41) is 60.7. The number of carboxylic acid groups (broad SMARTS) is 1. The van der Waals surface area contributed by atoms with Crippen LogP contribution in [-0.2, 0) is 4.79 Å². The number of hydrogen-bond acceptors (Lipinski definition) is 7. The molecule has 198 valence electrons. The normalized spacial score (nSPS) is 14.4. The van der Waals surface area contributed by atoms with E-state index < -0.39 is 43.6 Å². The minimum absolute atomic E-state index is 0. The standard InChI is InChI=1S/C18H36O2.C6H14O6.Mg.2H/c1-2-3-4-5-6-7-8-9-10-11-12-13-14-15-16-17-18(19)20;7-1-3(9)5(11)6(12)4(10)2-8;;;/h2-17H2,1H3,(H,19,20);3-12H,1-2H2;;;/q;;+2;2*-1. The van der Waals surface area contributed by atoms with Gasteiger partial charge in [-0.05, 0) is 6.42 Å². The van der Waals surface area contributed by atoms with Crippen molar-refractivity contribution in [3.8, 4) is 0 Å². The largest absolute Gasteiger partial charge is 2.00 e. The Balaban J connectivity index is -0.000000174. The van der Waals surface area contributed by atoms with Crippen LogP contribution in [0.5, 0.6) is 0 Å². The first kappa shape index (κ1) is 37.5. The van der Waals surface area contributed by atoms with Crippen molar-refractivity contribution >= 4 is 29.0 Å². The van der Waals surface area contributed by atoms with E-state index in [1.54, 1.807) is 0 Å². The Morgan fingerprint density at radius 3 is 1.12 bits per heavy atom. The van der Waals surface area contributed by atoms with Gasteiger partial charge in [0.05, 0.1) is 13.2 Å². The summed E-state index contributed by atoms with van der Waals surface area (Å²) >= 11 is 0. The molecule has 0 aromatic carbocycles. The molecule has 4 atom stereocenters. The van der Waals surface area contributed by atoms with E-state index in [9.17, 15) is 4.79 Å². The van der Waals surface area contributed by atoms with Crippen molar-refractivity contribution in [3.05, 3.63) is 0 Å². The molecule has 0 radical (unpaired) electrons. The number of carbonyl (C=O) groups is 1. The molecular weight excluding hydrogens is 441 g/mol. The Morgan fingerprint density at radius 2 is 0.879 bits per heavy atom. The third-order valence-electron chi connectivity index (χ3n) is 5.51. The predicted octanol–water partition coefficient (Wildman–Crippen LogP) is 2.59. The first-order valence-electron chi connectivity index (χ1n) is 12.5. The third kappa shape index (κ3) is 26.4. The Hall–Kier alpha value is -0.00377. The van der Waals surface area contributed by atoms with Gasteiger partial charge in [0, 0.05) is 6.42 Å². The van der Waals surface area contributed by atoms with Gasteiger partial charge in [-0.3, -0.25) is 4.79 Å². The van der Waals surface area contributed by atoms with Crippen molar-refractivity contribution in [2.75, 3.05) is 13.2 Å². The first-order chi connectivity index (χ1) is 15.3. The number of aliphatic hydroxyl groups is 6. The van der Waals surface area contributed by atoms with Crippen LogP contribution >= 0.6 is 0 Å². The first-order valence-corrected chi connectivity index (χ1v) is 12.5. The molecule has 9 heteroatoms. The zero-order valence-corrected chi connectivity index (χ0v) is 22.2. The molecule has 0 spiro atoms. The molecule has 0 aliphatic carbocycles. The number of aliphatic hydroxyl groups excluding tert-OH is 6. The van der Waals surface area contributed by atoms with E-state index in [1.807, 2.05) is 0 Å². The molecule has 0 aliphatic heterocycles. The molecule has 0 aliphatic rings. The zero-order chi connectivity index (χ0) is 24.6. The van der Waals surface area contributed by atoms with Crippen molar-refractivity contribution in [1.29, 1.82) is 0 Å². The fourth-order valence-corrected chi connectivity index (χ4v) is 3.32. The maximum Gasteiger partial charge on any atom is 2.00 e. The molecule has 4 unspecified atom stereocenters. The van der Waals surface area contributed by atoms with E-state index in [2.05, 4.69) is 6.92 Å². The maximum absolute atomic E-state index is 10.3. The molecule has 0 rings (SSSR count). The number of carboxylic acids is 1. The van der Waals surface area contributed by atoms with Gasteiger partial charge < -0.3 is 38.6 Å². The van der Waals surface area contributed by atoms with Crippen molar-refractivity contribution in [1.82, 2.24) is 0 Å². The van der Waals surface area contributed by atoms with Gasteiger partial charge >= 0.3 is 29.0 Å². The second kappa shape index (κ2) is 28.2. The van der Waals surface area contributed by atoms with Gasteiger partial charge in [-0.15, -0.1) is 0 Å². The van der Waals surface area contributed by atoms with Gasteiger partial charge in [0.25, 0.3) is 0 Å².